The van der Waals surface area contributed by atoms with Crippen LogP contribution in [0, 0.1) is 0 Å². The van der Waals surface area contributed by atoms with Crippen molar-refractivity contribution in [3.8, 4) is 0 Å². The van der Waals surface area contributed by atoms with Crippen LogP contribution in [0.25, 0.3) is 0 Å². The molecule has 1 aliphatic heterocycles. The monoisotopic (exact) mass is 465 g/mol. The van der Waals surface area contributed by atoms with Gasteiger partial charge in [-0.1, -0.05) is 0 Å². The lowest BCUT2D eigenvalue weighted by Crippen LogP contribution is -2.59. The number of carbonyl (C=O) groups excluding carboxylic acids is 1. The molecule has 33 heavy (non-hydrogen) atoms. The predicted molar refractivity (Wildman–Crippen MR) is 114 cm³/mol. The molecular formula is C22H26F3N5O3. The number of carbonyl (C=O) groups is 1. The van der Waals surface area contributed by atoms with Crippen LogP contribution in [-0.4, -0.2) is 57.7 Å². The molecule has 2 atom stereocenters. The summed E-state index contributed by atoms with van der Waals surface area (Å²) in [4.78, 5) is 38.8. The largest absolute Gasteiger partial charge is 0.449 e. The molecule has 0 unspecified atom stereocenters. The first kappa shape index (κ1) is 23.1. The van der Waals surface area contributed by atoms with Crippen molar-refractivity contribution in [2.45, 2.75) is 57.3 Å². The molecule has 0 spiro atoms. The molecule has 1 saturated heterocycles. The number of halogens is 3. The van der Waals surface area contributed by atoms with Crippen LogP contribution in [-0.2, 0) is 17.3 Å². The first-order valence-electron chi connectivity index (χ1n) is 10.9. The summed E-state index contributed by atoms with van der Waals surface area (Å²) in [6, 6.07) is 0.446. The number of anilines is 1. The molecular weight excluding hydrogens is 439 g/mol. The van der Waals surface area contributed by atoms with Gasteiger partial charge < -0.3 is 14.6 Å². The van der Waals surface area contributed by atoms with E-state index >= 15 is 0 Å². The maximum atomic E-state index is 12.9. The fourth-order valence-corrected chi connectivity index (χ4v) is 4.18. The Morgan fingerprint density at radius 1 is 1.18 bits per heavy atom. The van der Waals surface area contributed by atoms with Crippen LogP contribution >= 0.6 is 0 Å². The van der Waals surface area contributed by atoms with Crippen LogP contribution in [0.4, 0.5) is 23.9 Å². The van der Waals surface area contributed by atoms with Gasteiger partial charge in [0, 0.05) is 38.1 Å². The van der Waals surface area contributed by atoms with Crippen LogP contribution in [0.3, 0.4) is 0 Å². The molecule has 2 aromatic heterocycles. The van der Waals surface area contributed by atoms with Crippen molar-refractivity contribution >= 4 is 12.0 Å². The number of pyridine rings is 1. The number of nitrogens with one attached hydrogen (secondary N) is 1. The number of alkyl halides is 3. The van der Waals surface area contributed by atoms with E-state index in [9.17, 15) is 22.8 Å². The lowest BCUT2D eigenvalue weighted by atomic mass is 10.1. The number of ether oxygens (including phenoxy) is 1. The number of piperazine rings is 1. The van der Waals surface area contributed by atoms with Crippen LogP contribution < -0.4 is 10.5 Å². The molecule has 8 nitrogen and oxygen atoms in total. The Morgan fingerprint density at radius 2 is 1.82 bits per heavy atom. The Morgan fingerprint density at radius 3 is 2.39 bits per heavy atom. The molecule has 4 rings (SSSR count). The van der Waals surface area contributed by atoms with Crippen LogP contribution in [0.15, 0.2) is 29.5 Å². The lowest BCUT2D eigenvalue weighted by molar-refractivity contribution is -0.138. The summed E-state index contributed by atoms with van der Waals surface area (Å²) in [6.45, 7) is 4.78. The van der Waals surface area contributed by atoms with Gasteiger partial charge in [0.1, 0.15) is 5.56 Å². The highest BCUT2D eigenvalue weighted by molar-refractivity contribution is 5.69. The summed E-state index contributed by atoms with van der Waals surface area (Å²) in [6.07, 6.45) is 2.09. The maximum Gasteiger partial charge on any atom is 0.421 e. The molecule has 178 valence electrons. The second-order valence-electron chi connectivity index (χ2n) is 8.71. The van der Waals surface area contributed by atoms with E-state index < -0.39 is 23.4 Å². The van der Waals surface area contributed by atoms with E-state index in [1.54, 1.807) is 4.90 Å². The highest BCUT2D eigenvalue weighted by Gasteiger charge is 2.36. The molecule has 0 bridgehead atoms. The highest BCUT2D eigenvalue weighted by Crippen LogP contribution is 2.39. The number of hydrogen-bond donors (Lipinski definition) is 1. The van der Waals surface area contributed by atoms with E-state index in [0.717, 1.165) is 11.6 Å². The third kappa shape index (κ3) is 5.28. The van der Waals surface area contributed by atoms with Gasteiger partial charge in [0.25, 0.3) is 5.56 Å². The Hall–Kier alpha value is -3.11. The highest BCUT2D eigenvalue weighted by atomic mass is 19.4. The molecule has 2 aliphatic rings. The predicted octanol–water partition coefficient (Wildman–Crippen LogP) is 3.34. The zero-order chi connectivity index (χ0) is 23.8. The summed E-state index contributed by atoms with van der Waals surface area (Å²) < 4.78 is 44.0. The fraction of sp³-hybridized carbons (Fsp3) is 0.545. The summed E-state index contributed by atoms with van der Waals surface area (Å²) in [5, 5.41) is 0. The third-order valence-electron chi connectivity index (χ3n) is 6.00. The van der Waals surface area contributed by atoms with E-state index in [-0.39, 0.29) is 30.7 Å². The van der Waals surface area contributed by atoms with Crippen molar-refractivity contribution in [3.05, 3.63) is 51.7 Å². The number of aromatic amines is 1. The van der Waals surface area contributed by atoms with Gasteiger partial charge in [0.15, 0.2) is 0 Å². The second-order valence-corrected chi connectivity index (χ2v) is 8.71. The first-order chi connectivity index (χ1) is 15.6. The maximum absolute atomic E-state index is 12.9. The minimum atomic E-state index is -4.74. The van der Waals surface area contributed by atoms with Crippen LogP contribution in [0.5, 0.6) is 0 Å². The standard InChI is InChI=1S/C22H26F3N5O3/c1-13-11-29(20-27-9-17(10-28-20)16-3-4-16)12-14(2)30(13)21(32)33-6-5-15-7-18(22(23,24)25)19(31)26-8-15/h7-10,13-14,16H,3-6,11-12H2,1-2H3,(H,26,31)/t13-,14-/m0/s1. The molecule has 2 fully saturated rings. The van der Waals surface area contributed by atoms with E-state index in [1.807, 2.05) is 31.1 Å². The molecule has 1 N–H and O–H groups in total. The molecule has 2 aromatic rings. The number of nitrogens with zero attached hydrogens (tertiary/aromatic N) is 4. The van der Waals surface area contributed by atoms with Crippen molar-refractivity contribution < 1.29 is 22.7 Å². The van der Waals surface area contributed by atoms with Crippen LogP contribution in [0.2, 0.25) is 0 Å². The van der Waals surface area contributed by atoms with Gasteiger partial charge in [-0.2, -0.15) is 13.2 Å². The first-order valence-corrected chi connectivity index (χ1v) is 10.9. The van der Waals surface area contributed by atoms with Gasteiger partial charge in [0.05, 0.1) is 18.7 Å². The van der Waals surface area contributed by atoms with Gasteiger partial charge in [-0.25, -0.2) is 14.8 Å². The number of hydrogen-bond acceptors (Lipinski definition) is 6. The van der Waals surface area contributed by atoms with Gasteiger partial charge in [0.2, 0.25) is 5.95 Å². The number of rotatable bonds is 5. The van der Waals surface area contributed by atoms with Crippen molar-refractivity contribution in [2.24, 2.45) is 0 Å². The molecule has 0 aromatic carbocycles. The Balaban J connectivity index is 1.32. The van der Waals surface area contributed by atoms with Crippen molar-refractivity contribution in [1.29, 1.82) is 0 Å². The SMILES string of the molecule is C[C@H]1CN(c2ncc(C3CC3)cn2)C[C@H](C)N1C(=O)OCCc1c[nH]c(=O)c(C(F)(F)F)c1. The minimum Gasteiger partial charge on any atom is -0.449 e. The average Bonchev–Trinajstić information content (AvgIpc) is 3.59. The Kier molecular flexibility index (Phi) is 6.31. The van der Waals surface area contributed by atoms with Crippen molar-refractivity contribution in [2.75, 3.05) is 24.6 Å². The van der Waals surface area contributed by atoms with E-state index in [0.29, 0.717) is 25.0 Å². The summed E-state index contributed by atoms with van der Waals surface area (Å²) >= 11 is 0. The van der Waals surface area contributed by atoms with Gasteiger partial charge in [-0.05, 0) is 49.8 Å². The Bertz CT molecular complexity index is 1040. The normalized spacial score (nSPS) is 21.2. The van der Waals surface area contributed by atoms with Crippen LogP contribution in [0.1, 0.15) is 49.3 Å². The smallest absolute Gasteiger partial charge is 0.421 e. The van der Waals surface area contributed by atoms with Crippen molar-refractivity contribution in [1.82, 2.24) is 19.9 Å². The number of aromatic nitrogens is 3. The quantitative estimate of drug-likeness (QED) is 0.728. The molecule has 1 amide bonds. The topological polar surface area (TPSA) is 91.4 Å². The molecule has 11 heteroatoms. The minimum absolute atomic E-state index is 0.0511. The summed E-state index contributed by atoms with van der Waals surface area (Å²) in [5.74, 6) is 1.21. The lowest BCUT2D eigenvalue weighted by Gasteiger charge is -2.43. The number of H-pyrrole nitrogens is 1. The summed E-state index contributed by atoms with van der Waals surface area (Å²) in [7, 11) is 0. The molecule has 1 saturated carbocycles. The second kappa shape index (κ2) is 9.03. The number of amides is 1. The average molecular weight is 465 g/mol. The molecule has 0 radical (unpaired) electrons. The Labute approximate surface area is 188 Å². The molecule has 3 heterocycles. The zero-order valence-electron chi connectivity index (χ0n) is 18.4. The van der Waals surface area contributed by atoms with E-state index in [2.05, 4.69) is 15.0 Å². The van der Waals surface area contributed by atoms with E-state index in [4.69, 9.17) is 4.74 Å². The zero-order valence-corrected chi connectivity index (χ0v) is 18.4. The van der Waals surface area contributed by atoms with Gasteiger partial charge >= 0.3 is 12.3 Å². The van der Waals surface area contributed by atoms with Crippen molar-refractivity contribution in [3.63, 3.8) is 0 Å². The fourth-order valence-electron chi connectivity index (χ4n) is 4.18. The van der Waals surface area contributed by atoms with Gasteiger partial charge in [-0.3, -0.25) is 9.69 Å². The summed E-state index contributed by atoms with van der Waals surface area (Å²) in [5.41, 5.74) is -1.08. The van der Waals surface area contributed by atoms with Gasteiger partial charge in [-0.15, -0.1) is 0 Å². The van der Waals surface area contributed by atoms with E-state index in [1.165, 1.54) is 19.0 Å². The molecule has 1 aliphatic carbocycles. The third-order valence-corrected chi connectivity index (χ3v) is 6.00.